The van der Waals surface area contributed by atoms with Crippen molar-refractivity contribution < 1.29 is 4.79 Å². The van der Waals surface area contributed by atoms with Gasteiger partial charge in [0, 0.05) is 42.4 Å². The summed E-state index contributed by atoms with van der Waals surface area (Å²) in [6, 6.07) is 7.96. The lowest BCUT2D eigenvalue weighted by Crippen LogP contribution is -2.40. The summed E-state index contributed by atoms with van der Waals surface area (Å²) in [7, 11) is 1.75. The van der Waals surface area contributed by atoms with Gasteiger partial charge in [0.2, 0.25) is 5.91 Å². The third kappa shape index (κ3) is 4.86. The molecule has 1 aromatic heterocycles. The third-order valence-corrected chi connectivity index (χ3v) is 5.79. The zero-order valence-electron chi connectivity index (χ0n) is 16.3. The number of rotatable bonds is 4. The van der Waals surface area contributed by atoms with Crippen molar-refractivity contribution in [2.24, 2.45) is 4.99 Å². The second-order valence-electron chi connectivity index (χ2n) is 7.74. The zero-order chi connectivity index (χ0) is 19.4. The lowest BCUT2D eigenvalue weighted by molar-refractivity contribution is -0.116. The molecule has 2 heterocycles. The van der Waals surface area contributed by atoms with E-state index in [9.17, 15) is 4.79 Å². The molecule has 1 amide bonds. The summed E-state index contributed by atoms with van der Waals surface area (Å²) >= 11 is 1.69. The highest BCUT2D eigenvalue weighted by atomic mass is 32.1. The first-order chi connectivity index (χ1) is 12.9. The molecule has 0 bridgehead atoms. The van der Waals surface area contributed by atoms with Crippen molar-refractivity contribution in [3.05, 3.63) is 45.9 Å². The van der Waals surface area contributed by atoms with Crippen LogP contribution in [0.1, 0.15) is 49.4 Å². The molecule has 1 atom stereocenters. The SMILES string of the molecule is CN=C(NCc1csc(C(C)(C)C)n1)NCC1CC(=O)Nc2ccccc21. The molecule has 1 aromatic carbocycles. The Balaban J connectivity index is 1.57. The van der Waals surface area contributed by atoms with E-state index in [1.807, 2.05) is 18.2 Å². The minimum Gasteiger partial charge on any atom is -0.356 e. The Morgan fingerprint density at radius 3 is 2.81 bits per heavy atom. The van der Waals surface area contributed by atoms with Crippen molar-refractivity contribution in [2.45, 2.75) is 45.1 Å². The molecule has 0 radical (unpaired) electrons. The van der Waals surface area contributed by atoms with Crippen LogP contribution >= 0.6 is 11.3 Å². The Kier molecular flexibility index (Phi) is 5.79. The minimum atomic E-state index is 0.0561. The fourth-order valence-electron chi connectivity index (χ4n) is 3.03. The summed E-state index contributed by atoms with van der Waals surface area (Å²) in [6.45, 7) is 7.77. The van der Waals surface area contributed by atoms with E-state index < -0.39 is 0 Å². The first-order valence-electron chi connectivity index (χ1n) is 9.15. The Morgan fingerprint density at radius 2 is 2.11 bits per heavy atom. The number of hydrogen-bond donors (Lipinski definition) is 3. The molecule has 7 heteroatoms. The molecular weight excluding hydrogens is 358 g/mol. The Hall–Kier alpha value is -2.41. The van der Waals surface area contributed by atoms with Gasteiger partial charge in [-0.3, -0.25) is 9.79 Å². The highest BCUT2D eigenvalue weighted by molar-refractivity contribution is 7.09. The van der Waals surface area contributed by atoms with Gasteiger partial charge in [-0.1, -0.05) is 39.0 Å². The molecule has 0 fully saturated rings. The summed E-state index contributed by atoms with van der Waals surface area (Å²) < 4.78 is 0. The molecule has 0 spiro atoms. The van der Waals surface area contributed by atoms with Gasteiger partial charge in [0.1, 0.15) is 0 Å². The smallest absolute Gasteiger partial charge is 0.225 e. The number of thiazole rings is 1. The molecule has 144 valence electrons. The van der Waals surface area contributed by atoms with E-state index in [2.05, 4.69) is 53.2 Å². The van der Waals surface area contributed by atoms with Crippen molar-refractivity contribution >= 4 is 28.9 Å². The Labute approximate surface area is 164 Å². The highest BCUT2D eigenvalue weighted by Crippen LogP contribution is 2.31. The number of hydrogen-bond acceptors (Lipinski definition) is 4. The monoisotopic (exact) mass is 385 g/mol. The van der Waals surface area contributed by atoms with Crippen LogP contribution in [0, 0.1) is 0 Å². The third-order valence-electron chi connectivity index (χ3n) is 4.48. The number of benzene rings is 1. The molecule has 1 unspecified atom stereocenters. The number of guanidine groups is 1. The molecule has 0 aliphatic carbocycles. The van der Waals surface area contributed by atoms with E-state index in [4.69, 9.17) is 4.98 Å². The Morgan fingerprint density at radius 1 is 1.33 bits per heavy atom. The van der Waals surface area contributed by atoms with Crippen LogP contribution in [0.2, 0.25) is 0 Å². The van der Waals surface area contributed by atoms with Crippen molar-refractivity contribution in [1.29, 1.82) is 0 Å². The fourth-order valence-corrected chi connectivity index (χ4v) is 3.94. The summed E-state index contributed by atoms with van der Waals surface area (Å²) in [5.74, 6) is 0.893. The number of nitrogens with zero attached hydrogens (tertiary/aromatic N) is 2. The summed E-state index contributed by atoms with van der Waals surface area (Å²) in [4.78, 5) is 20.9. The topological polar surface area (TPSA) is 78.4 Å². The fraction of sp³-hybridized carbons (Fsp3) is 0.450. The molecular formula is C20H27N5OS. The van der Waals surface area contributed by atoms with Gasteiger partial charge in [-0.25, -0.2) is 4.98 Å². The van der Waals surface area contributed by atoms with Gasteiger partial charge in [-0.2, -0.15) is 0 Å². The van der Waals surface area contributed by atoms with Crippen LogP contribution in [-0.2, 0) is 16.8 Å². The first kappa shape index (κ1) is 19.4. The van der Waals surface area contributed by atoms with Crippen LogP contribution in [-0.4, -0.2) is 30.4 Å². The average Bonchev–Trinajstić information content (AvgIpc) is 3.11. The van der Waals surface area contributed by atoms with E-state index in [1.165, 1.54) is 0 Å². The summed E-state index contributed by atoms with van der Waals surface area (Å²) in [6.07, 6.45) is 0.474. The highest BCUT2D eigenvalue weighted by Gasteiger charge is 2.24. The number of aliphatic imine (C=N–C) groups is 1. The van der Waals surface area contributed by atoms with Crippen LogP contribution in [0.4, 0.5) is 5.69 Å². The number of carbonyl (C=O) groups is 1. The van der Waals surface area contributed by atoms with E-state index in [1.54, 1.807) is 18.4 Å². The number of anilines is 1. The number of fused-ring (bicyclic) bond motifs is 1. The number of nitrogens with one attached hydrogen (secondary N) is 3. The van der Waals surface area contributed by atoms with E-state index in [0.717, 1.165) is 22.0 Å². The molecule has 3 rings (SSSR count). The van der Waals surface area contributed by atoms with E-state index >= 15 is 0 Å². The average molecular weight is 386 g/mol. The van der Waals surface area contributed by atoms with Gasteiger partial charge >= 0.3 is 0 Å². The van der Waals surface area contributed by atoms with Crippen molar-refractivity contribution in [3.8, 4) is 0 Å². The van der Waals surface area contributed by atoms with Crippen LogP contribution in [0.25, 0.3) is 0 Å². The van der Waals surface area contributed by atoms with Gasteiger partial charge in [0.25, 0.3) is 0 Å². The van der Waals surface area contributed by atoms with Gasteiger partial charge in [-0.05, 0) is 11.6 Å². The quantitative estimate of drug-likeness (QED) is 0.558. The summed E-state index contributed by atoms with van der Waals surface area (Å²) in [5, 5.41) is 12.8. The van der Waals surface area contributed by atoms with Crippen LogP contribution in [0.15, 0.2) is 34.6 Å². The lowest BCUT2D eigenvalue weighted by Gasteiger charge is -2.26. The standard InChI is InChI=1S/C20H27N5OS/c1-20(2,3)18-24-14(12-27-18)11-23-19(21-4)22-10-13-9-17(26)25-16-8-6-5-7-15(13)16/h5-8,12-13H,9-11H2,1-4H3,(H,25,26)(H2,21,22,23). The van der Waals surface area contributed by atoms with Gasteiger partial charge in [0.05, 0.1) is 17.2 Å². The molecule has 6 nitrogen and oxygen atoms in total. The molecule has 3 N–H and O–H groups in total. The molecule has 2 aromatic rings. The van der Waals surface area contributed by atoms with Crippen molar-refractivity contribution in [1.82, 2.24) is 15.6 Å². The predicted octanol–water partition coefficient (Wildman–Crippen LogP) is 3.23. The second-order valence-corrected chi connectivity index (χ2v) is 8.60. The molecule has 0 saturated heterocycles. The summed E-state index contributed by atoms with van der Waals surface area (Å²) in [5.41, 5.74) is 3.14. The lowest BCUT2D eigenvalue weighted by atomic mass is 9.90. The van der Waals surface area contributed by atoms with Crippen molar-refractivity contribution in [3.63, 3.8) is 0 Å². The normalized spacial score (nSPS) is 17.3. The van der Waals surface area contributed by atoms with Crippen LogP contribution in [0.3, 0.4) is 0 Å². The molecule has 1 aliphatic rings. The number of carbonyl (C=O) groups excluding carboxylic acids is 1. The maximum Gasteiger partial charge on any atom is 0.225 e. The molecule has 0 saturated carbocycles. The maximum absolute atomic E-state index is 12.0. The number of amides is 1. The van der Waals surface area contributed by atoms with E-state index in [-0.39, 0.29) is 17.2 Å². The maximum atomic E-state index is 12.0. The number of para-hydroxylation sites is 1. The van der Waals surface area contributed by atoms with Gasteiger partial charge < -0.3 is 16.0 Å². The molecule has 27 heavy (non-hydrogen) atoms. The zero-order valence-corrected chi connectivity index (χ0v) is 17.1. The largest absolute Gasteiger partial charge is 0.356 e. The first-order valence-corrected chi connectivity index (χ1v) is 10.0. The Bertz CT molecular complexity index is 837. The van der Waals surface area contributed by atoms with Gasteiger partial charge in [0.15, 0.2) is 5.96 Å². The second kappa shape index (κ2) is 8.08. The number of aromatic nitrogens is 1. The molecule has 1 aliphatic heterocycles. The van der Waals surface area contributed by atoms with Gasteiger partial charge in [-0.15, -0.1) is 11.3 Å². The van der Waals surface area contributed by atoms with Crippen LogP contribution in [0.5, 0.6) is 0 Å². The van der Waals surface area contributed by atoms with Crippen LogP contribution < -0.4 is 16.0 Å². The van der Waals surface area contributed by atoms with E-state index in [0.29, 0.717) is 25.5 Å². The van der Waals surface area contributed by atoms with Crippen molar-refractivity contribution in [2.75, 3.05) is 18.9 Å². The predicted molar refractivity (Wildman–Crippen MR) is 111 cm³/mol. The minimum absolute atomic E-state index is 0.0561.